The molecule has 1 atom stereocenters. The smallest absolute Gasteiger partial charge is 0.412 e. The van der Waals surface area contributed by atoms with Crippen molar-refractivity contribution in [3.8, 4) is 0 Å². The lowest BCUT2D eigenvalue weighted by molar-refractivity contribution is -0.104. The zero-order valence-electron chi connectivity index (χ0n) is 13.9. The molecule has 0 radical (unpaired) electrons. The van der Waals surface area contributed by atoms with Crippen molar-refractivity contribution in [2.75, 3.05) is 26.7 Å². The molecular weight excluding hydrogens is 280 g/mol. The maximum atomic E-state index is 12.1. The average molecular weight is 306 g/mol. The van der Waals surface area contributed by atoms with E-state index >= 15 is 0 Å². The lowest BCUT2D eigenvalue weighted by Crippen LogP contribution is -2.52. The Morgan fingerprint density at radius 3 is 2.68 bits per heavy atom. The highest BCUT2D eigenvalue weighted by Crippen LogP contribution is 2.15. The van der Waals surface area contributed by atoms with Crippen molar-refractivity contribution in [1.29, 1.82) is 0 Å². The minimum atomic E-state index is -0.496. The van der Waals surface area contributed by atoms with Crippen LogP contribution >= 0.6 is 0 Å². The number of hydrogen-bond donors (Lipinski definition) is 0. The molecular formula is C17H26N2O3. The Morgan fingerprint density at radius 2 is 2.05 bits per heavy atom. The summed E-state index contributed by atoms with van der Waals surface area (Å²) in [6, 6.07) is 10.3. The first kappa shape index (κ1) is 16.8. The minimum absolute atomic E-state index is 0.271. The van der Waals surface area contributed by atoms with Gasteiger partial charge in [-0.3, -0.25) is 9.80 Å². The molecule has 5 nitrogen and oxygen atoms in total. The summed E-state index contributed by atoms with van der Waals surface area (Å²) in [5.74, 6) is 0. The van der Waals surface area contributed by atoms with Crippen molar-refractivity contribution < 1.29 is 14.3 Å². The molecule has 1 saturated heterocycles. The third-order valence-corrected chi connectivity index (χ3v) is 3.49. The quantitative estimate of drug-likeness (QED) is 0.861. The van der Waals surface area contributed by atoms with Crippen LogP contribution in [0.15, 0.2) is 30.3 Å². The van der Waals surface area contributed by atoms with Gasteiger partial charge in [0.2, 0.25) is 0 Å². The number of carbonyl (C=O) groups is 1. The molecule has 1 heterocycles. The summed E-state index contributed by atoms with van der Waals surface area (Å²) < 4.78 is 11.1. The second kappa shape index (κ2) is 7.11. The van der Waals surface area contributed by atoms with Gasteiger partial charge in [-0.05, 0) is 26.3 Å². The van der Waals surface area contributed by atoms with Gasteiger partial charge >= 0.3 is 6.09 Å². The summed E-state index contributed by atoms with van der Waals surface area (Å²) in [4.78, 5) is 16.0. The van der Waals surface area contributed by atoms with E-state index < -0.39 is 5.60 Å². The van der Waals surface area contributed by atoms with Gasteiger partial charge in [0.1, 0.15) is 11.8 Å². The molecule has 122 valence electrons. The topological polar surface area (TPSA) is 42.0 Å². The van der Waals surface area contributed by atoms with Gasteiger partial charge in [-0.25, -0.2) is 4.79 Å². The van der Waals surface area contributed by atoms with E-state index in [1.807, 2.05) is 39.0 Å². The van der Waals surface area contributed by atoms with Crippen molar-refractivity contribution in [2.45, 2.75) is 39.1 Å². The van der Waals surface area contributed by atoms with Crippen LogP contribution < -0.4 is 0 Å². The SMILES string of the molecule is CN(C(=O)OC(C)(C)C)[C@H]1CN(Cc2ccccc2)CCO1. The number of benzene rings is 1. The summed E-state index contributed by atoms with van der Waals surface area (Å²) in [6.07, 6.45) is -0.619. The van der Waals surface area contributed by atoms with Crippen molar-refractivity contribution in [1.82, 2.24) is 9.80 Å². The van der Waals surface area contributed by atoms with E-state index in [0.717, 1.165) is 13.1 Å². The maximum Gasteiger partial charge on any atom is 0.412 e. The molecule has 0 spiro atoms. The van der Waals surface area contributed by atoms with E-state index in [-0.39, 0.29) is 12.3 Å². The zero-order chi connectivity index (χ0) is 16.2. The predicted octanol–water partition coefficient (Wildman–Crippen LogP) is 2.71. The molecule has 0 unspecified atom stereocenters. The molecule has 0 N–H and O–H groups in total. The molecule has 0 bridgehead atoms. The van der Waals surface area contributed by atoms with Gasteiger partial charge < -0.3 is 9.47 Å². The van der Waals surface area contributed by atoms with E-state index in [9.17, 15) is 4.79 Å². The third kappa shape index (κ3) is 5.00. The second-order valence-electron chi connectivity index (χ2n) is 6.64. The largest absolute Gasteiger partial charge is 0.444 e. The molecule has 22 heavy (non-hydrogen) atoms. The molecule has 0 saturated carbocycles. The Bertz CT molecular complexity index is 484. The van der Waals surface area contributed by atoms with E-state index in [1.54, 1.807) is 11.9 Å². The lowest BCUT2D eigenvalue weighted by atomic mass is 10.2. The monoisotopic (exact) mass is 306 g/mol. The average Bonchev–Trinajstić information content (AvgIpc) is 2.46. The summed E-state index contributed by atoms with van der Waals surface area (Å²) in [5.41, 5.74) is 0.770. The first-order valence-corrected chi connectivity index (χ1v) is 7.69. The number of carbonyl (C=O) groups excluding carboxylic acids is 1. The van der Waals surface area contributed by atoms with E-state index in [0.29, 0.717) is 13.2 Å². The Balaban J connectivity index is 1.91. The van der Waals surface area contributed by atoms with Crippen LogP contribution in [0.3, 0.4) is 0 Å². The number of morpholine rings is 1. The molecule has 2 rings (SSSR count). The molecule has 1 aliphatic heterocycles. The Morgan fingerprint density at radius 1 is 1.36 bits per heavy atom. The fraction of sp³-hybridized carbons (Fsp3) is 0.588. The van der Waals surface area contributed by atoms with E-state index in [1.165, 1.54) is 5.56 Å². The molecule has 5 heteroatoms. The van der Waals surface area contributed by atoms with Crippen LogP contribution in [0.2, 0.25) is 0 Å². The third-order valence-electron chi connectivity index (χ3n) is 3.49. The van der Waals surface area contributed by atoms with Crippen LogP contribution in [0.4, 0.5) is 4.79 Å². The van der Waals surface area contributed by atoms with Gasteiger partial charge in [-0.1, -0.05) is 30.3 Å². The molecule has 1 aliphatic rings. The van der Waals surface area contributed by atoms with Gasteiger partial charge in [0.05, 0.1) is 6.61 Å². The van der Waals surface area contributed by atoms with Gasteiger partial charge in [-0.2, -0.15) is 0 Å². The van der Waals surface area contributed by atoms with Crippen LogP contribution in [0.5, 0.6) is 0 Å². The predicted molar refractivity (Wildman–Crippen MR) is 85.5 cm³/mol. The number of ether oxygens (including phenoxy) is 2. The fourth-order valence-corrected chi connectivity index (χ4v) is 2.35. The van der Waals surface area contributed by atoms with Crippen LogP contribution in [0.1, 0.15) is 26.3 Å². The first-order valence-electron chi connectivity index (χ1n) is 7.69. The minimum Gasteiger partial charge on any atom is -0.444 e. The van der Waals surface area contributed by atoms with Crippen molar-refractivity contribution in [3.05, 3.63) is 35.9 Å². The molecule has 0 aliphatic carbocycles. The Kier molecular flexibility index (Phi) is 5.42. The van der Waals surface area contributed by atoms with Crippen molar-refractivity contribution in [3.63, 3.8) is 0 Å². The number of amides is 1. The summed E-state index contributed by atoms with van der Waals surface area (Å²) in [6.45, 7) is 8.62. The van der Waals surface area contributed by atoms with Crippen LogP contribution in [0, 0.1) is 0 Å². The normalized spacial score (nSPS) is 19.7. The van der Waals surface area contributed by atoms with Crippen LogP contribution in [-0.4, -0.2) is 54.5 Å². The van der Waals surface area contributed by atoms with Crippen LogP contribution in [0.25, 0.3) is 0 Å². The second-order valence-corrected chi connectivity index (χ2v) is 6.64. The maximum absolute atomic E-state index is 12.1. The number of rotatable bonds is 3. The lowest BCUT2D eigenvalue weighted by Gasteiger charge is -2.37. The highest BCUT2D eigenvalue weighted by molar-refractivity contribution is 5.68. The molecule has 1 amide bonds. The fourth-order valence-electron chi connectivity index (χ4n) is 2.35. The zero-order valence-corrected chi connectivity index (χ0v) is 13.9. The molecule has 1 fully saturated rings. The summed E-state index contributed by atoms with van der Waals surface area (Å²) in [5, 5.41) is 0. The van der Waals surface area contributed by atoms with Crippen LogP contribution in [-0.2, 0) is 16.0 Å². The summed E-state index contributed by atoms with van der Waals surface area (Å²) >= 11 is 0. The van der Waals surface area contributed by atoms with E-state index in [4.69, 9.17) is 9.47 Å². The van der Waals surface area contributed by atoms with Crippen molar-refractivity contribution in [2.24, 2.45) is 0 Å². The first-order chi connectivity index (χ1) is 10.3. The van der Waals surface area contributed by atoms with Gasteiger partial charge in [0.15, 0.2) is 0 Å². The number of nitrogens with zero attached hydrogens (tertiary/aromatic N) is 2. The van der Waals surface area contributed by atoms with Gasteiger partial charge in [0.25, 0.3) is 0 Å². The molecule has 1 aromatic carbocycles. The Labute approximate surface area is 132 Å². The van der Waals surface area contributed by atoms with E-state index in [2.05, 4.69) is 17.0 Å². The summed E-state index contributed by atoms with van der Waals surface area (Å²) in [7, 11) is 1.73. The van der Waals surface area contributed by atoms with Gasteiger partial charge in [0, 0.05) is 26.7 Å². The highest BCUT2D eigenvalue weighted by atomic mass is 16.6. The number of likely N-dealkylation sites (N-methyl/N-ethyl adjacent to an activating group) is 1. The number of hydrogen-bond acceptors (Lipinski definition) is 4. The standard InChI is InChI=1S/C17H26N2O3/c1-17(2,3)22-16(20)18(4)15-13-19(10-11-21-15)12-14-8-6-5-7-9-14/h5-9,15H,10-13H2,1-4H3/t15-/m1/s1. The highest BCUT2D eigenvalue weighted by Gasteiger charge is 2.29. The van der Waals surface area contributed by atoms with Crippen molar-refractivity contribution >= 4 is 6.09 Å². The van der Waals surface area contributed by atoms with Gasteiger partial charge in [-0.15, -0.1) is 0 Å². The Hall–Kier alpha value is -1.59. The molecule has 0 aromatic heterocycles. The molecule has 1 aromatic rings.